The highest BCUT2D eigenvalue weighted by molar-refractivity contribution is 5.55. The van der Waals surface area contributed by atoms with Crippen molar-refractivity contribution in [3.63, 3.8) is 0 Å². The quantitative estimate of drug-likeness (QED) is 0.741. The first-order chi connectivity index (χ1) is 13.6. The lowest BCUT2D eigenvalue weighted by Gasteiger charge is -2.49. The fourth-order valence-electron chi connectivity index (χ4n) is 6.45. The van der Waals surface area contributed by atoms with Crippen LogP contribution in [0.4, 0.5) is 0 Å². The van der Waals surface area contributed by atoms with E-state index in [1.807, 2.05) is 6.07 Å². The monoisotopic (exact) mass is 374 g/mol. The average molecular weight is 375 g/mol. The zero-order valence-corrected chi connectivity index (χ0v) is 16.9. The van der Waals surface area contributed by atoms with Gasteiger partial charge < -0.3 is 9.84 Å². The van der Waals surface area contributed by atoms with E-state index in [0.717, 1.165) is 25.0 Å². The molecule has 0 radical (unpaired) electrons. The van der Waals surface area contributed by atoms with E-state index in [-0.39, 0.29) is 11.5 Å². The van der Waals surface area contributed by atoms with Gasteiger partial charge in [0.15, 0.2) is 0 Å². The van der Waals surface area contributed by atoms with Crippen molar-refractivity contribution in [3.05, 3.63) is 70.8 Å². The standard InChI is InChI=1S/C26H30O2/c1-26-13-12-22-21-11-9-20(28-2)15-18(21)8-10-23(22)24(26)16-19(25(26)27)14-17-6-4-3-5-7-17/h3-7,9,11,14-15,22-25,27H,8,10,12-13,16H2,1-2H3/b19-14+/t22-,23-,24-,25-,26+/m0/s1. The minimum absolute atomic E-state index is 0.0196. The van der Waals surface area contributed by atoms with Crippen LogP contribution < -0.4 is 4.74 Å². The summed E-state index contributed by atoms with van der Waals surface area (Å²) in [6, 6.07) is 17.1. The van der Waals surface area contributed by atoms with E-state index < -0.39 is 0 Å². The fourth-order valence-corrected chi connectivity index (χ4v) is 6.45. The highest BCUT2D eigenvalue weighted by atomic mass is 16.5. The van der Waals surface area contributed by atoms with Crippen LogP contribution in [0.2, 0.25) is 0 Å². The van der Waals surface area contributed by atoms with Gasteiger partial charge in [0.2, 0.25) is 0 Å². The molecule has 0 bridgehead atoms. The molecular weight excluding hydrogens is 344 g/mol. The Balaban J connectivity index is 1.47. The molecule has 0 heterocycles. The van der Waals surface area contributed by atoms with Crippen LogP contribution in [0, 0.1) is 17.3 Å². The zero-order valence-electron chi connectivity index (χ0n) is 16.9. The maximum absolute atomic E-state index is 11.3. The first-order valence-corrected chi connectivity index (χ1v) is 10.7. The van der Waals surface area contributed by atoms with Crippen LogP contribution in [0.15, 0.2) is 54.1 Å². The second-order valence-corrected chi connectivity index (χ2v) is 9.26. The summed E-state index contributed by atoms with van der Waals surface area (Å²) in [6.45, 7) is 2.34. The van der Waals surface area contributed by atoms with Gasteiger partial charge in [0.1, 0.15) is 5.75 Å². The third-order valence-electron chi connectivity index (χ3n) is 7.95. The van der Waals surface area contributed by atoms with Gasteiger partial charge in [0, 0.05) is 5.41 Å². The van der Waals surface area contributed by atoms with E-state index in [0.29, 0.717) is 17.8 Å². The summed E-state index contributed by atoms with van der Waals surface area (Å²) < 4.78 is 5.45. The molecule has 0 saturated heterocycles. The summed E-state index contributed by atoms with van der Waals surface area (Å²) in [5.74, 6) is 2.86. The van der Waals surface area contributed by atoms with Crippen LogP contribution in [0.25, 0.3) is 6.08 Å². The van der Waals surface area contributed by atoms with Gasteiger partial charge in [0.25, 0.3) is 0 Å². The summed E-state index contributed by atoms with van der Waals surface area (Å²) >= 11 is 0. The molecule has 2 aromatic rings. The Kier molecular flexibility index (Phi) is 4.35. The normalized spacial score (nSPS) is 35.2. The summed E-state index contributed by atoms with van der Waals surface area (Å²) in [6.07, 6.45) is 7.63. The van der Waals surface area contributed by atoms with Crippen LogP contribution >= 0.6 is 0 Å². The third kappa shape index (κ3) is 2.73. The van der Waals surface area contributed by atoms with Gasteiger partial charge in [0.05, 0.1) is 13.2 Å². The summed E-state index contributed by atoms with van der Waals surface area (Å²) in [7, 11) is 1.75. The molecule has 5 atom stereocenters. The predicted molar refractivity (Wildman–Crippen MR) is 113 cm³/mol. The molecule has 2 saturated carbocycles. The van der Waals surface area contributed by atoms with Crippen molar-refractivity contribution < 1.29 is 9.84 Å². The van der Waals surface area contributed by atoms with E-state index >= 15 is 0 Å². The predicted octanol–water partition coefficient (Wildman–Crippen LogP) is 5.61. The Labute approximate surface area is 168 Å². The number of benzene rings is 2. The van der Waals surface area contributed by atoms with Gasteiger partial charge in [-0.15, -0.1) is 0 Å². The first-order valence-electron chi connectivity index (χ1n) is 10.7. The number of hydrogen-bond donors (Lipinski definition) is 1. The van der Waals surface area contributed by atoms with E-state index in [9.17, 15) is 5.11 Å². The molecule has 0 unspecified atom stereocenters. The van der Waals surface area contributed by atoms with Crippen molar-refractivity contribution in [2.75, 3.05) is 7.11 Å². The number of methoxy groups -OCH3 is 1. The Morgan fingerprint density at radius 2 is 1.93 bits per heavy atom. The molecule has 3 aliphatic rings. The van der Waals surface area contributed by atoms with Crippen LogP contribution in [0.3, 0.4) is 0 Å². The highest BCUT2D eigenvalue weighted by Crippen LogP contribution is 2.62. The Bertz CT molecular complexity index is 900. The molecule has 5 rings (SSSR count). The molecule has 2 heteroatoms. The maximum Gasteiger partial charge on any atom is 0.119 e. The molecule has 2 aromatic carbocycles. The summed E-state index contributed by atoms with van der Waals surface area (Å²) in [5, 5.41) is 11.3. The minimum atomic E-state index is -0.309. The molecule has 0 amide bonds. The number of aliphatic hydroxyl groups excluding tert-OH is 1. The van der Waals surface area contributed by atoms with Crippen LogP contribution in [0.1, 0.15) is 55.2 Å². The van der Waals surface area contributed by atoms with Crippen LogP contribution in [-0.4, -0.2) is 18.3 Å². The molecule has 28 heavy (non-hydrogen) atoms. The average Bonchev–Trinajstić information content (AvgIpc) is 2.99. The van der Waals surface area contributed by atoms with Gasteiger partial charge in [-0.25, -0.2) is 0 Å². The van der Waals surface area contributed by atoms with Gasteiger partial charge >= 0.3 is 0 Å². The van der Waals surface area contributed by atoms with Crippen molar-refractivity contribution in [3.8, 4) is 5.75 Å². The van der Waals surface area contributed by atoms with E-state index in [1.165, 1.54) is 35.1 Å². The van der Waals surface area contributed by atoms with Gasteiger partial charge in [-0.1, -0.05) is 49.4 Å². The Morgan fingerprint density at radius 3 is 2.71 bits per heavy atom. The van der Waals surface area contributed by atoms with Gasteiger partial charge in [-0.05, 0) is 84.3 Å². The van der Waals surface area contributed by atoms with Gasteiger partial charge in [-0.3, -0.25) is 0 Å². The Morgan fingerprint density at radius 1 is 1.11 bits per heavy atom. The molecule has 2 fully saturated rings. The van der Waals surface area contributed by atoms with Crippen LogP contribution in [0.5, 0.6) is 5.75 Å². The van der Waals surface area contributed by atoms with Crippen LogP contribution in [-0.2, 0) is 6.42 Å². The second kappa shape index (κ2) is 6.77. The number of hydrogen-bond acceptors (Lipinski definition) is 2. The lowest BCUT2D eigenvalue weighted by molar-refractivity contribution is -0.0158. The maximum atomic E-state index is 11.3. The van der Waals surface area contributed by atoms with Crippen molar-refractivity contribution in [2.24, 2.45) is 17.3 Å². The number of rotatable bonds is 2. The van der Waals surface area contributed by atoms with Crippen molar-refractivity contribution in [2.45, 2.75) is 51.0 Å². The van der Waals surface area contributed by atoms with Crippen molar-refractivity contribution >= 4 is 6.08 Å². The molecule has 3 aliphatic carbocycles. The molecule has 0 aliphatic heterocycles. The number of ether oxygens (including phenoxy) is 1. The first kappa shape index (κ1) is 18.0. The number of aliphatic hydroxyl groups is 1. The molecule has 0 spiro atoms. The summed E-state index contributed by atoms with van der Waals surface area (Å²) in [4.78, 5) is 0. The molecule has 1 N–H and O–H groups in total. The molecular formula is C26H30O2. The largest absolute Gasteiger partial charge is 0.497 e. The molecule has 2 nitrogen and oxygen atoms in total. The molecule has 146 valence electrons. The van der Waals surface area contributed by atoms with Crippen molar-refractivity contribution in [1.29, 1.82) is 0 Å². The fraction of sp³-hybridized carbons (Fsp3) is 0.462. The minimum Gasteiger partial charge on any atom is -0.497 e. The lowest BCUT2D eigenvalue weighted by atomic mass is 9.55. The molecule has 0 aromatic heterocycles. The smallest absolute Gasteiger partial charge is 0.119 e. The van der Waals surface area contributed by atoms with E-state index in [4.69, 9.17) is 4.74 Å². The summed E-state index contributed by atoms with van der Waals surface area (Å²) in [5.41, 5.74) is 5.47. The van der Waals surface area contributed by atoms with E-state index in [2.05, 4.69) is 55.5 Å². The topological polar surface area (TPSA) is 29.5 Å². The lowest BCUT2D eigenvalue weighted by Crippen LogP contribution is -2.44. The van der Waals surface area contributed by atoms with Crippen molar-refractivity contribution in [1.82, 2.24) is 0 Å². The van der Waals surface area contributed by atoms with E-state index in [1.54, 1.807) is 7.11 Å². The SMILES string of the molecule is COc1ccc2c(c1)CC[C@H]1[C@H]2CC[C@@]2(C)[C@@H](O)/C(=C/c3ccccc3)C[C@@H]12. The highest BCUT2D eigenvalue weighted by Gasteiger charge is 2.56. The van der Waals surface area contributed by atoms with Gasteiger partial charge in [-0.2, -0.15) is 0 Å². The zero-order chi connectivity index (χ0) is 19.3. The third-order valence-corrected chi connectivity index (χ3v) is 7.95. The second-order valence-electron chi connectivity index (χ2n) is 9.26. The Hall–Kier alpha value is -2.06. The number of aryl methyl sites for hydroxylation is 1. The number of fused-ring (bicyclic) bond motifs is 5.